The van der Waals surface area contributed by atoms with Gasteiger partial charge in [0.1, 0.15) is 17.6 Å². The molecule has 10 nitrogen and oxygen atoms in total. The predicted octanol–water partition coefficient (Wildman–Crippen LogP) is 0.565. The first kappa shape index (κ1) is 24.2. The molecule has 2 aromatic carbocycles. The van der Waals surface area contributed by atoms with Crippen molar-refractivity contribution in [3.8, 4) is 5.75 Å². The zero-order valence-corrected chi connectivity index (χ0v) is 19.0. The maximum absolute atomic E-state index is 12.7. The highest BCUT2D eigenvalue weighted by atomic mass is 32.2. The van der Waals surface area contributed by atoms with Gasteiger partial charge in [-0.05, 0) is 30.5 Å². The predicted molar refractivity (Wildman–Crippen MR) is 122 cm³/mol. The van der Waals surface area contributed by atoms with Crippen LogP contribution >= 0.6 is 0 Å². The lowest BCUT2D eigenvalue weighted by atomic mass is 10.1. The van der Waals surface area contributed by atoms with Gasteiger partial charge in [-0.15, -0.1) is 0 Å². The van der Waals surface area contributed by atoms with Crippen LogP contribution in [0, 0.1) is 5.41 Å². The minimum atomic E-state index is -3.91. The Morgan fingerprint density at radius 1 is 1.21 bits per heavy atom. The number of carbonyl (C=O) groups excluding carboxylic acids is 2. The average Bonchev–Trinajstić information content (AvgIpc) is 3.31. The molecule has 1 aliphatic heterocycles. The van der Waals surface area contributed by atoms with Crippen molar-refractivity contribution in [1.29, 1.82) is 5.41 Å². The Morgan fingerprint density at radius 2 is 1.94 bits per heavy atom. The van der Waals surface area contributed by atoms with Crippen LogP contribution in [0.25, 0.3) is 0 Å². The second-order valence-electron chi connectivity index (χ2n) is 7.58. The molecule has 11 heteroatoms. The number of carbonyl (C=O) groups is 2. The fourth-order valence-corrected chi connectivity index (χ4v) is 4.57. The Bertz CT molecular complexity index is 1130. The topological polar surface area (TPSA) is 155 Å². The van der Waals surface area contributed by atoms with Crippen LogP contribution in [0.1, 0.15) is 24.0 Å². The van der Waals surface area contributed by atoms with Gasteiger partial charge in [0.25, 0.3) is 0 Å². The Morgan fingerprint density at radius 3 is 2.61 bits per heavy atom. The number of nitrogens with zero attached hydrogens (tertiary/aromatic N) is 1. The van der Waals surface area contributed by atoms with Crippen molar-refractivity contribution >= 4 is 27.7 Å². The summed E-state index contributed by atoms with van der Waals surface area (Å²) in [7, 11) is -2.48. The number of nitrogen functional groups attached to an aromatic ring is 1. The zero-order valence-electron chi connectivity index (χ0n) is 18.2. The Kier molecular flexibility index (Phi) is 7.67. The number of likely N-dealkylation sites (tertiary alicyclic amines) is 1. The van der Waals surface area contributed by atoms with Crippen LogP contribution in [0.2, 0.25) is 0 Å². The number of sulfonamides is 1. The third-order valence-electron chi connectivity index (χ3n) is 5.37. The molecule has 0 saturated carbocycles. The van der Waals surface area contributed by atoms with Gasteiger partial charge in [0.2, 0.25) is 21.8 Å². The summed E-state index contributed by atoms with van der Waals surface area (Å²) in [5, 5.41) is 10.2. The second kappa shape index (κ2) is 10.5. The molecule has 1 saturated heterocycles. The van der Waals surface area contributed by atoms with Crippen molar-refractivity contribution in [2.24, 2.45) is 5.73 Å². The van der Waals surface area contributed by atoms with Gasteiger partial charge in [0.05, 0.1) is 18.6 Å². The molecular formula is C22H27N5O5S. The SMILES string of the molecule is COc1cccc(S(=O)(=O)NCC(=O)N2CCC[C@H]2C(=O)NCc2ccc(C(=N)N)cc2)c1. The number of hydrogen-bond donors (Lipinski definition) is 4. The average molecular weight is 474 g/mol. The van der Waals surface area contributed by atoms with E-state index in [1.54, 1.807) is 36.4 Å². The molecule has 0 unspecified atom stereocenters. The van der Waals surface area contributed by atoms with Gasteiger partial charge in [-0.25, -0.2) is 13.1 Å². The lowest BCUT2D eigenvalue weighted by Crippen LogP contribution is -2.48. The molecule has 0 aromatic heterocycles. The van der Waals surface area contributed by atoms with E-state index < -0.39 is 28.5 Å². The molecule has 0 radical (unpaired) electrons. The summed E-state index contributed by atoms with van der Waals surface area (Å²) in [6.45, 7) is 0.193. The Labute approximate surface area is 192 Å². The number of amidine groups is 1. The number of methoxy groups -OCH3 is 1. The quantitative estimate of drug-likeness (QED) is 0.308. The third kappa shape index (κ3) is 6.08. The number of hydrogen-bond acceptors (Lipinski definition) is 6. The number of ether oxygens (including phenoxy) is 1. The highest BCUT2D eigenvalue weighted by Crippen LogP contribution is 2.19. The molecule has 0 bridgehead atoms. The first-order valence-electron chi connectivity index (χ1n) is 10.4. The minimum absolute atomic E-state index is 0.0128. The van der Waals surface area contributed by atoms with E-state index in [0.29, 0.717) is 30.7 Å². The van der Waals surface area contributed by atoms with Gasteiger partial charge in [-0.3, -0.25) is 15.0 Å². The van der Waals surface area contributed by atoms with Gasteiger partial charge in [-0.2, -0.15) is 0 Å². The number of amides is 2. The van der Waals surface area contributed by atoms with E-state index in [2.05, 4.69) is 10.0 Å². The molecule has 2 amide bonds. The van der Waals surface area contributed by atoms with Crippen LogP contribution < -0.4 is 20.5 Å². The molecule has 1 fully saturated rings. The molecule has 3 rings (SSSR count). The Hall–Kier alpha value is -3.44. The smallest absolute Gasteiger partial charge is 0.243 e. The maximum Gasteiger partial charge on any atom is 0.243 e. The van der Waals surface area contributed by atoms with Gasteiger partial charge in [-0.1, -0.05) is 30.3 Å². The summed E-state index contributed by atoms with van der Waals surface area (Å²) < 4.78 is 32.4. The molecule has 1 atom stereocenters. The van der Waals surface area contributed by atoms with E-state index in [4.69, 9.17) is 15.9 Å². The van der Waals surface area contributed by atoms with Crippen molar-refractivity contribution in [2.75, 3.05) is 20.2 Å². The van der Waals surface area contributed by atoms with Crippen LogP contribution in [0.4, 0.5) is 0 Å². The van der Waals surface area contributed by atoms with Gasteiger partial charge >= 0.3 is 0 Å². The van der Waals surface area contributed by atoms with Crippen LogP contribution in [0.15, 0.2) is 53.4 Å². The molecule has 33 heavy (non-hydrogen) atoms. The van der Waals surface area contributed by atoms with Crippen molar-refractivity contribution in [1.82, 2.24) is 14.9 Å². The van der Waals surface area contributed by atoms with E-state index in [9.17, 15) is 18.0 Å². The first-order chi connectivity index (χ1) is 15.7. The Balaban J connectivity index is 1.56. The molecule has 5 N–H and O–H groups in total. The fourth-order valence-electron chi connectivity index (χ4n) is 3.56. The normalized spacial score (nSPS) is 15.8. The number of benzene rings is 2. The number of nitrogens with two attached hydrogens (primary N) is 1. The second-order valence-corrected chi connectivity index (χ2v) is 9.34. The molecular weight excluding hydrogens is 446 g/mol. The third-order valence-corrected chi connectivity index (χ3v) is 6.77. The lowest BCUT2D eigenvalue weighted by Gasteiger charge is -2.24. The standard InChI is InChI=1S/C22H27N5O5S/c1-32-17-4-2-5-18(12-17)33(30,31)26-14-20(28)27-11-3-6-19(27)22(29)25-13-15-7-9-16(10-8-15)21(23)24/h2,4-5,7-10,12,19,26H,3,6,11,13-14H2,1H3,(H3,23,24)(H,25,29)/t19-/m0/s1. The summed E-state index contributed by atoms with van der Waals surface area (Å²) in [5.41, 5.74) is 6.86. The summed E-state index contributed by atoms with van der Waals surface area (Å²) in [6.07, 6.45) is 1.16. The molecule has 0 spiro atoms. The highest BCUT2D eigenvalue weighted by Gasteiger charge is 2.34. The lowest BCUT2D eigenvalue weighted by molar-refractivity contribution is -0.137. The first-order valence-corrected chi connectivity index (χ1v) is 11.8. The van der Waals surface area contributed by atoms with E-state index in [0.717, 1.165) is 5.56 Å². The van der Waals surface area contributed by atoms with E-state index >= 15 is 0 Å². The summed E-state index contributed by atoms with van der Waals surface area (Å²) in [4.78, 5) is 26.8. The van der Waals surface area contributed by atoms with E-state index in [-0.39, 0.29) is 23.2 Å². The summed E-state index contributed by atoms with van der Waals surface area (Å²) in [6, 6.07) is 12.2. The molecule has 2 aromatic rings. The highest BCUT2D eigenvalue weighted by molar-refractivity contribution is 7.89. The number of nitrogens with one attached hydrogen (secondary N) is 3. The zero-order chi connectivity index (χ0) is 24.0. The van der Waals surface area contributed by atoms with Crippen molar-refractivity contribution in [3.63, 3.8) is 0 Å². The van der Waals surface area contributed by atoms with Gasteiger partial charge in [0.15, 0.2) is 0 Å². The molecule has 1 heterocycles. The molecule has 0 aliphatic carbocycles. The summed E-state index contributed by atoms with van der Waals surface area (Å²) in [5.74, 6) is -0.416. The fraction of sp³-hybridized carbons (Fsp3) is 0.318. The van der Waals surface area contributed by atoms with Gasteiger partial charge in [0, 0.05) is 24.7 Å². The maximum atomic E-state index is 12.7. The van der Waals surface area contributed by atoms with Crippen molar-refractivity contribution in [2.45, 2.75) is 30.3 Å². The molecule has 176 valence electrons. The van der Waals surface area contributed by atoms with Crippen LogP contribution in [-0.2, 0) is 26.2 Å². The van der Waals surface area contributed by atoms with Crippen molar-refractivity contribution < 1.29 is 22.7 Å². The largest absolute Gasteiger partial charge is 0.497 e. The van der Waals surface area contributed by atoms with Gasteiger partial charge < -0.3 is 20.7 Å². The van der Waals surface area contributed by atoms with Crippen molar-refractivity contribution in [3.05, 3.63) is 59.7 Å². The van der Waals surface area contributed by atoms with Crippen LogP contribution in [-0.4, -0.2) is 57.2 Å². The van der Waals surface area contributed by atoms with E-state index in [1.807, 2.05) is 0 Å². The minimum Gasteiger partial charge on any atom is -0.497 e. The van der Waals surface area contributed by atoms with Crippen LogP contribution in [0.3, 0.4) is 0 Å². The monoisotopic (exact) mass is 473 g/mol. The molecule has 1 aliphatic rings. The van der Waals surface area contributed by atoms with E-state index in [1.165, 1.54) is 24.1 Å². The number of rotatable bonds is 9. The summed E-state index contributed by atoms with van der Waals surface area (Å²) >= 11 is 0. The van der Waals surface area contributed by atoms with Crippen LogP contribution in [0.5, 0.6) is 5.75 Å².